The van der Waals surface area contributed by atoms with Gasteiger partial charge in [-0.1, -0.05) is 84.4 Å². The van der Waals surface area contributed by atoms with E-state index in [9.17, 15) is 0 Å². The van der Waals surface area contributed by atoms with E-state index in [1.165, 1.54) is 16.7 Å². The Hall–Kier alpha value is -2.05. The van der Waals surface area contributed by atoms with Crippen LogP contribution in [0.15, 0.2) is 84.9 Å². The summed E-state index contributed by atoms with van der Waals surface area (Å²) in [5.41, 5.74) is 4.26. The lowest BCUT2D eigenvalue weighted by molar-refractivity contribution is 0.803. The van der Waals surface area contributed by atoms with Crippen LogP contribution in [-0.4, -0.2) is 0 Å². The first-order valence-electron chi connectivity index (χ1n) is 7.67. The van der Waals surface area contributed by atoms with Crippen LogP contribution >= 0.6 is 11.6 Å². The third-order valence-electron chi connectivity index (χ3n) is 4.81. The van der Waals surface area contributed by atoms with E-state index in [1.807, 2.05) is 12.1 Å². The first kappa shape index (κ1) is 13.6. The third kappa shape index (κ3) is 2.15. The summed E-state index contributed by atoms with van der Waals surface area (Å²) in [6.07, 6.45) is 1.16. The second kappa shape index (κ2) is 5.30. The molecule has 22 heavy (non-hydrogen) atoms. The summed E-state index contributed by atoms with van der Waals surface area (Å²) in [4.78, 5) is 0. The van der Waals surface area contributed by atoms with Crippen molar-refractivity contribution in [2.75, 3.05) is 0 Å². The molecule has 1 saturated carbocycles. The van der Waals surface area contributed by atoms with Gasteiger partial charge in [0.15, 0.2) is 0 Å². The molecule has 2 atom stereocenters. The Balaban J connectivity index is 1.83. The second-order valence-corrected chi connectivity index (χ2v) is 6.45. The summed E-state index contributed by atoms with van der Waals surface area (Å²) < 4.78 is 0. The molecule has 0 nitrogen and oxygen atoms in total. The third-order valence-corrected chi connectivity index (χ3v) is 5.06. The summed E-state index contributed by atoms with van der Waals surface area (Å²) in [5, 5.41) is 0.795. The maximum Gasteiger partial charge on any atom is 0.0406 e. The lowest BCUT2D eigenvalue weighted by atomic mass is 9.84. The highest BCUT2D eigenvalue weighted by molar-refractivity contribution is 6.30. The van der Waals surface area contributed by atoms with Crippen molar-refractivity contribution in [2.45, 2.75) is 17.8 Å². The van der Waals surface area contributed by atoms with E-state index in [4.69, 9.17) is 11.6 Å². The molecule has 3 aromatic carbocycles. The lowest BCUT2D eigenvalue weighted by Gasteiger charge is -2.19. The van der Waals surface area contributed by atoms with Crippen molar-refractivity contribution in [3.63, 3.8) is 0 Å². The van der Waals surface area contributed by atoms with Crippen molar-refractivity contribution in [2.24, 2.45) is 0 Å². The van der Waals surface area contributed by atoms with E-state index in [0.717, 1.165) is 11.4 Å². The molecule has 0 radical (unpaired) electrons. The molecule has 0 amide bonds. The standard InChI is InChI=1S/C21H17Cl/c22-19-13-11-18(12-14-19)21(17-9-5-2-6-10-17)15-20(21)16-7-3-1-4-8-16/h1-14,20H,15H2. The van der Waals surface area contributed by atoms with Gasteiger partial charge in [0.25, 0.3) is 0 Å². The SMILES string of the molecule is Clc1ccc(C2(c3ccccc3)CC2c2ccccc2)cc1. The Kier molecular flexibility index (Phi) is 3.28. The number of rotatable bonds is 3. The number of halogens is 1. The highest BCUT2D eigenvalue weighted by atomic mass is 35.5. The van der Waals surface area contributed by atoms with Crippen LogP contribution in [0.2, 0.25) is 5.02 Å². The first-order valence-corrected chi connectivity index (χ1v) is 8.05. The van der Waals surface area contributed by atoms with E-state index in [0.29, 0.717) is 5.92 Å². The molecule has 4 rings (SSSR count). The molecule has 0 aliphatic heterocycles. The van der Waals surface area contributed by atoms with Crippen LogP contribution in [0.3, 0.4) is 0 Å². The molecule has 1 heteroatoms. The van der Waals surface area contributed by atoms with Crippen molar-refractivity contribution in [1.82, 2.24) is 0 Å². The summed E-state index contributed by atoms with van der Waals surface area (Å²) >= 11 is 6.08. The van der Waals surface area contributed by atoms with E-state index in [-0.39, 0.29) is 5.41 Å². The molecule has 3 aromatic rings. The summed E-state index contributed by atoms with van der Waals surface area (Å²) in [5.74, 6) is 0.539. The van der Waals surface area contributed by atoms with Gasteiger partial charge in [-0.05, 0) is 41.2 Å². The zero-order chi connectivity index (χ0) is 15.0. The van der Waals surface area contributed by atoms with Crippen molar-refractivity contribution in [1.29, 1.82) is 0 Å². The molecule has 0 bridgehead atoms. The molecule has 2 unspecified atom stereocenters. The van der Waals surface area contributed by atoms with Crippen molar-refractivity contribution < 1.29 is 0 Å². The number of benzene rings is 3. The Labute approximate surface area is 136 Å². The maximum absolute atomic E-state index is 6.08. The fourth-order valence-corrected chi connectivity index (χ4v) is 3.76. The Bertz CT molecular complexity index is 762. The summed E-state index contributed by atoms with van der Waals surface area (Å²) in [7, 11) is 0. The summed E-state index contributed by atoms with van der Waals surface area (Å²) in [6.45, 7) is 0. The monoisotopic (exact) mass is 304 g/mol. The number of hydrogen-bond acceptors (Lipinski definition) is 0. The minimum absolute atomic E-state index is 0.0905. The van der Waals surface area contributed by atoms with E-state index in [2.05, 4.69) is 72.8 Å². The van der Waals surface area contributed by atoms with Gasteiger partial charge in [-0.2, -0.15) is 0 Å². The Morgan fingerprint density at radius 1 is 0.682 bits per heavy atom. The molecular formula is C21H17Cl. The topological polar surface area (TPSA) is 0 Å². The molecule has 0 heterocycles. The second-order valence-electron chi connectivity index (χ2n) is 6.01. The fraction of sp³-hybridized carbons (Fsp3) is 0.143. The van der Waals surface area contributed by atoms with Crippen LogP contribution in [0.1, 0.15) is 29.0 Å². The minimum atomic E-state index is 0.0905. The molecule has 0 N–H and O–H groups in total. The predicted molar refractivity (Wildman–Crippen MR) is 92.5 cm³/mol. The molecule has 1 fully saturated rings. The van der Waals surface area contributed by atoms with Crippen molar-refractivity contribution in [3.05, 3.63) is 107 Å². The van der Waals surface area contributed by atoms with Gasteiger partial charge in [-0.3, -0.25) is 0 Å². The normalized spacial score (nSPS) is 23.2. The van der Waals surface area contributed by atoms with Gasteiger partial charge in [0.2, 0.25) is 0 Å². The van der Waals surface area contributed by atoms with Gasteiger partial charge in [-0.25, -0.2) is 0 Å². The molecular weight excluding hydrogens is 288 g/mol. The molecule has 0 saturated heterocycles. The van der Waals surface area contributed by atoms with Gasteiger partial charge in [0.1, 0.15) is 0 Å². The molecule has 1 aliphatic carbocycles. The fourth-order valence-electron chi connectivity index (χ4n) is 3.64. The Morgan fingerprint density at radius 3 is 1.86 bits per heavy atom. The van der Waals surface area contributed by atoms with Crippen LogP contribution in [0.4, 0.5) is 0 Å². The van der Waals surface area contributed by atoms with Crippen molar-refractivity contribution >= 4 is 11.6 Å². The van der Waals surface area contributed by atoms with E-state index in [1.54, 1.807) is 0 Å². The first-order chi connectivity index (χ1) is 10.8. The van der Waals surface area contributed by atoms with E-state index >= 15 is 0 Å². The van der Waals surface area contributed by atoms with Crippen molar-refractivity contribution in [3.8, 4) is 0 Å². The lowest BCUT2D eigenvalue weighted by Crippen LogP contribution is -2.11. The van der Waals surface area contributed by atoms with Crippen LogP contribution in [0.5, 0.6) is 0 Å². The van der Waals surface area contributed by atoms with Gasteiger partial charge in [0, 0.05) is 10.4 Å². The van der Waals surface area contributed by atoms with Gasteiger partial charge < -0.3 is 0 Å². The van der Waals surface area contributed by atoms with Crippen LogP contribution in [0.25, 0.3) is 0 Å². The number of hydrogen-bond donors (Lipinski definition) is 0. The average Bonchev–Trinajstić information content (AvgIpc) is 3.34. The maximum atomic E-state index is 6.08. The largest absolute Gasteiger partial charge is 0.0843 e. The van der Waals surface area contributed by atoms with Gasteiger partial charge in [0.05, 0.1) is 0 Å². The highest BCUT2D eigenvalue weighted by Gasteiger charge is 2.56. The zero-order valence-corrected chi connectivity index (χ0v) is 13.0. The molecule has 1 aliphatic rings. The van der Waals surface area contributed by atoms with E-state index < -0.39 is 0 Å². The average molecular weight is 305 g/mol. The van der Waals surface area contributed by atoms with Gasteiger partial charge >= 0.3 is 0 Å². The van der Waals surface area contributed by atoms with Gasteiger partial charge in [-0.15, -0.1) is 0 Å². The molecule has 0 aromatic heterocycles. The van der Waals surface area contributed by atoms with Crippen LogP contribution in [-0.2, 0) is 5.41 Å². The predicted octanol–water partition coefficient (Wildman–Crippen LogP) is 5.81. The Morgan fingerprint density at radius 2 is 1.23 bits per heavy atom. The van der Waals surface area contributed by atoms with Crippen LogP contribution < -0.4 is 0 Å². The summed E-state index contributed by atoms with van der Waals surface area (Å²) in [6, 6.07) is 30.0. The molecule has 0 spiro atoms. The smallest absolute Gasteiger partial charge is 0.0406 e. The van der Waals surface area contributed by atoms with Crippen LogP contribution in [0, 0.1) is 0 Å². The highest BCUT2D eigenvalue weighted by Crippen LogP contribution is 2.64. The minimum Gasteiger partial charge on any atom is -0.0843 e. The zero-order valence-electron chi connectivity index (χ0n) is 12.2. The quantitative estimate of drug-likeness (QED) is 0.572. The molecule has 108 valence electrons.